The van der Waals surface area contributed by atoms with Crippen molar-refractivity contribution in [3.8, 4) is 0 Å². The highest BCUT2D eigenvalue weighted by molar-refractivity contribution is 5.94. The molecule has 0 aliphatic heterocycles. The number of amides is 1. The van der Waals surface area contributed by atoms with Crippen molar-refractivity contribution in [2.45, 2.75) is 45.3 Å². The molecular weight excluding hydrogens is 364 g/mol. The van der Waals surface area contributed by atoms with Crippen LogP contribution in [0.5, 0.6) is 0 Å². The smallest absolute Gasteiger partial charge is 0.274 e. The Labute approximate surface area is 171 Å². The summed E-state index contributed by atoms with van der Waals surface area (Å²) in [6, 6.07) is 12.6. The van der Waals surface area contributed by atoms with Crippen molar-refractivity contribution in [3.05, 3.63) is 76.5 Å². The lowest BCUT2D eigenvalue weighted by molar-refractivity contribution is 0.0767. The number of nitrogens with one attached hydrogen (secondary N) is 1. The Hall–Kier alpha value is -2.86. The van der Waals surface area contributed by atoms with Crippen LogP contribution in [0.25, 0.3) is 0 Å². The highest BCUT2D eigenvalue weighted by Crippen LogP contribution is 2.26. The van der Waals surface area contributed by atoms with E-state index in [1.165, 1.54) is 16.8 Å². The van der Waals surface area contributed by atoms with Crippen LogP contribution in [0, 0.1) is 6.92 Å². The Morgan fingerprint density at radius 2 is 2.21 bits per heavy atom. The number of carbonyl (C=O) groups excluding carboxylic acids is 1. The van der Waals surface area contributed by atoms with Gasteiger partial charge in [0.05, 0.1) is 12.8 Å². The van der Waals surface area contributed by atoms with E-state index in [-0.39, 0.29) is 5.91 Å². The van der Waals surface area contributed by atoms with E-state index in [2.05, 4.69) is 41.6 Å². The standard InChI is InChI=1S/C23H28N4O2/c1-16-6-4-7-17(12-16)14-24-18-9-10-21-20(13-18)22(25-27(21)3)23(28)26(2)15-19-8-5-11-29-19/h4-8,11-12,18,24H,9-10,13-15H2,1-3H3/t18-/m0/s1. The zero-order valence-corrected chi connectivity index (χ0v) is 17.3. The minimum atomic E-state index is -0.0578. The summed E-state index contributed by atoms with van der Waals surface area (Å²) >= 11 is 0. The largest absolute Gasteiger partial charge is 0.467 e. The summed E-state index contributed by atoms with van der Waals surface area (Å²) in [7, 11) is 3.73. The van der Waals surface area contributed by atoms with Crippen LogP contribution in [0.2, 0.25) is 0 Å². The van der Waals surface area contributed by atoms with Gasteiger partial charge >= 0.3 is 0 Å². The fraction of sp³-hybridized carbons (Fsp3) is 0.391. The molecule has 0 saturated carbocycles. The molecular formula is C23H28N4O2. The molecule has 6 nitrogen and oxygen atoms in total. The number of benzene rings is 1. The molecule has 0 bridgehead atoms. The van der Waals surface area contributed by atoms with E-state index in [1.54, 1.807) is 18.2 Å². The average molecular weight is 393 g/mol. The van der Waals surface area contributed by atoms with E-state index in [0.29, 0.717) is 18.3 Å². The normalized spacial score (nSPS) is 15.9. The first-order valence-electron chi connectivity index (χ1n) is 10.1. The molecule has 1 atom stereocenters. The van der Waals surface area contributed by atoms with E-state index >= 15 is 0 Å². The Balaban J connectivity index is 1.46. The molecule has 0 fully saturated rings. The van der Waals surface area contributed by atoms with Gasteiger partial charge < -0.3 is 14.6 Å². The second-order valence-electron chi connectivity index (χ2n) is 7.95. The first-order chi connectivity index (χ1) is 14.0. The molecule has 1 aromatic carbocycles. The van der Waals surface area contributed by atoms with Crippen LogP contribution < -0.4 is 5.32 Å². The quantitative estimate of drug-likeness (QED) is 0.700. The summed E-state index contributed by atoms with van der Waals surface area (Å²) < 4.78 is 7.25. The maximum Gasteiger partial charge on any atom is 0.274 e. The van der Waals surface area contributed by atoms with Gasteiger partial charge in [0.25, 0.3) is 5.91 Å². The number of hydrogen-bond donors (Lipinski definition) is 1. The van der Waals surface area contributed by atoms with Crippen LogP contribution in [-0.2, 0) is 33.0 Å². The molecule has 3 aromatic rings. The number of aryl methyl sites for hydroxylation is 2. The topological polar surface area (TPSA) is 63.3 Å². The Kier molecular flexibility index (Phi) is 5.53. The van der Waals surface area contributed by atoms with Gasteiger partial charge in [0, 0.05) is 37.9 Å². The first-order valence-corrected chi connectivity index (χ1v) is 10.1. The SMILES string of the molecule is Cc1cccc(CN[C@H]2CCc3c(c(C(=O)N(C)Cc4ccco4)nn3C)C2)c1. The van der Waals surface area contributed by atoms with E-state index in [1.807, 2.05) is 23.9 Å². The van der Waals surface area contributed by atoms with Gasteiger partial charge in [-0.3, -0.25) is 9.48 Å². The highest BCUT2D eigenvalue weighted by atomic mass is 16.3. The number of hydrogen-bond acceptors (Lipinski definition) is 4. The Morgan fingerprint density at radius 3 is 2.97 bits per heavy atom. The maximum absolute atomic E-state index is 13.1. The van der Waals surface area contributed by atoms with Crippen molar-refractivity contribution in [1.82, 2.24) is 20.0 Å². The van der Waals surface area contributed by atoms with Gasteiger partial charge in [-0.05, 0) is 43.9 Å². The zero-order chi connectivity index (χ0) is 20.4. The van der Waals surface area contributed by atoms with Crippen LogP contribution >= 0.6 is 0 Å². The molecule has 152 valence electrons. The van der Waals surface area contributed by atoms with Crippen molar-refractivity contribution >= 4 is 5.91 Å². The maximum atomic E-state index is 13.1. The minimum Gasteiger partial charge on any atom is -0.467 e. The Bertz CT molecular complexity index is 990. The fourth-order valence-corrected chi connectivity index (χ4v) is 4.11. The van der Waals surface area contributed by atoms with E-state index in [4.69, 9.17) is 4.42 Å². The number of carbonyl (C=O) groups is 1. The molecule has 2 heterocycles. The molecule has 0 radical (unpaired) electrons. The molecule has 4 rings (SSSR count). The predicted molar refractivity (Wildman–Crippen MR) is 112 cm³/mol. The molecule has 1 aliphatic carbocycles. The third-order valence-electron chi connectivity index (χ3n) is 5.65. The number of aromatic nitrogens is 2. The lowest BCUT2D eigenvalue weighted by Gasteiger charge is -2.25. The highest BCUT2D eigenvalue weighted by Gasteiger charge is 2.29. The van der Waals surface area contributed by atoms with Gasteiger partial charge in [-0.25, -0.2) is 0 Å². The third-order valence-corrected chi connectivity index (χ3v) is 5.65. The van der Waals surface area contributed by atoms with Gasteiger partial charge in [0.15, 0.2) is 5.69 Å². The second-order valence-corrected chi connectivity index (χ2v) is 7.95. The molecule has 0 unspecified atom stereocenters. The third kappa shape index (κ3) is 4.27. The van der Waals surface area contributed by atoms with Gasteiger partial charge in [0.2, 0.25) is 0 Å². The van der Waals surface area contributed by atoms with Crippen molar-refractivity contribution in [2.24, 2.45) is 7.05 Å². The summed E-state index contributed by atoms with van der Waals surface area (Å²) in [5.41, 5.74) is 5.38. The summed E-state index contributed by atoms with van der Waals surface area (Å²) in [6.45, 7) is 3.39. The number of furan rings is 1. The fourth-order valence-electron chi connectivity index (χ4n) is 4.11. The van der Waals surface area contributed by atoms with Crippen LogP contribution in [0.3, 0.4) is 0 Å². The van der Waals surface area contributed by atoms with Crippen molar-refractivity contribution in [1.29, 1.82) is 0 Å². The van der Waals surface area contributed by atoms with Gasteiger partial charge in [0.1, 0.15) is 5.76 Å². The number of nitrogens with zero attached hydrogens (tertiary/aromatic N) is 3. The van der Waals surface area contributed by atoms with E-state index in [9.17, 15) is 4.79 Å². The van der Waals surface area contributed by atoms with Crippen molar-refractivity contribution < 1.29 is 9.21 Å². The zero-order valence-electron chi connectivity index (χ0n) is 17.3. The lowest BCUT2D eigenvalue weighted by Crippen LogP contribution is -2.35. The van der Waals surface area contributed by atoms with Gasteiger partial charge in [-0.1, -0.05) is 29.8 Å². The monoisotopic (exact) mass is 392 g/mol. The molecule has 1 amide bonds. The Morgan fingerprint density at radius 1 is 1.34 bits per heavy atom. The van der Waals surface area contributed by atoms with Crippen LogP contribution in [0.15, 0.2) is 47.1 Å². The molecule has 6 heteroatoms. The molecule has 1 N–H and O–H groups in total. The molecule has 1 aliphatic rings. The minimum absolute atomic E-state index is 0.0578. The molecule has 2 aromatic heterocycles. The molecule has 0 saturated heterocycles. The molecule has 29 heavy (non-hydrogen) atoms. The summed E-state index contributed by atoms with van der Waals surface area (Å²) in [5.74, 6) is 0.709. The van der Waals surface area contributed by atoms with Gasteiger partial charge in [-0.15, -0.1) is 0 Å². The van der Waals surface area contributed by atoms with Crippen molar-refractivity contribution in [3.63, 3.8) is 0 Å². The summed E-state index contributed by atoms with van der Waals surface area (Å²) in [4.78, 5) is 14.7. The number of fused-ring (bicyclic) bond motifs is 1. The second kappa shape index (κ2) is 8.25. The van der Waals surface area contributed by atoms with Crippen LogP contribution in [-0.4, -0.2) is 33.7 Å². The predicted octanol–water partition coefficient (Wildman–Crippen LogP) is 3.24. The lowest BCUT2D eigenvalue weighted by atomic mass is 9.91. The van der Waals surface area contributed by atoms with Gasteiger partial charge in [-0.2, -0.15) is 5.10 Å². The van der Waals surface area contributed by atoms with Crippen LogP contribution in [0.4, 0.5) is 0 Å². The molecule has 0 spiro atoms. The average Bonchev–Trinajstić information content (AvgIpc) is 3.33. The van der Waals surface area contributed by atoms with Crippen molar-refractivity contribution in [2.75, 3.05) is 7.05 Å². The summed E-state index contributed by atoms with van der Waals surface area (Å²) in [6.07, 6.45) is 4.43. The summed E-state index contributed by atoms with van der Waals surface area (Å²) in [5, 5.41) is 8.24. The van der Waals surface area contributed by atoms with E-state index in [0.717, 1.165) is 37.1 Å². The van der Waals surface area contributed by atoms with Crippen LogP contribution in [0.1, 0.15) is 45.1 Å². The number of rotatable bonds is 6. The van der Waals surface area contributed by atoms with E-state index < -0.39 is 0 Å². The first kappa shape index (κ1) is 19.5.